The molecule has 4 rings (SSSR count). The zero-order valence-electron chi connectivity index (χ0n) is 18.9. The molecule has 1 aliphatic heterocycles. The Kier molecular flexibility index (Phi) is 8.38. The van der Waals surface area contributed by atoms with E-state index < -0.39 is 0 Å². The number of hydrogen-bond acceptors (Lipinski definition) is 7. The van der Waals surface area contributed by atoms with Gasteiger partial charge in [-0.3, -0.25) is 9.69 Å². The maximum absolute atomic E-state index is 12.5. The van der Waals surface area contributed by atoms with Crippen molar-refractivity contribution < 1.29 is 14.1 Å². The van der Waals surface area contributed by atoms with E-state index >= 15 is 0 Å². The minimum Gasteiger partial charge on any atom is -0.497 e. The molecule has 0 bridgehead atoms. The highest BCUT2D eigenvalue weighted by atomic mass is 32.2. The molecular weight excluding hydrogens is 436 g/mol. The molecule has 0 atom stereocenters. The highest BCUT2D eigenvalue weighted by molar-refractivity contribution is 7.98. The van der Waals surface area contributed by atoms with Gasteiger partial charge in [0.1, 0.15) is 5.75 Å². The largest absolute Gasteiger partial charge is 0.497 e. The number of hydrogen-bond donors (Lipinski definition) is 1. The second-order valence-corrected chi connectivity index (χ2v) is 9.23. The Morgan fingerprint density at radius 2 is 1.91 bits per heavy atom. The summed E-state index contributed by atoms with van der Waals surface area (Å²) < 4.78 is 10.6. The van der Waals surface area contributed by atoms with Crippen molar-refractivity contribution in [3.05, 3.63) is 66.1 Å². The molecule has 1 fully saturated rings. The van der Waals surface area contributed by atoms with Crippen LogP contribution in [-0.4, -0.2) is 53.4 Å². The van der Waals surface area contributed by atoms with Gasteiger partial charge in [-0.2, -0.15) is 16.7 Å². The fraction of sp³-hybridized carbons (Fsp3) is 0.400. The van der Waals surface area contributed by atoms with E-state index in [0.29, 0.717) is 24.8 Å². The Morgan fingerprint density at radius 3 is 2.64 bits per heavy atom. The lowest BCUT2D eigenvalue weighted by Crippen LogP contribution is -2.40. The van der Waals surface area contributed by atoms with E-state index in [1.54, 1.807) is 7.11 Å². The molecule has 1 saturated heterocycles. The van der Waals surface area contributed by atoms with E-state index in [1.807, 2.05) is 42.1 Å². The second kappa shape index (κ2) is 11.9. The third-order valence-corrected chi connectivity index (χ3v) is 6.82. The topological polar surface area (TPSA) is 80.5 Å². The van der Waals surface area contributed by atoms with Gasteiger partial charge < -0.3 is 14.6 Å². The predicted molar refractivity (Wildman–Crippen MR) is 130 cm³/mol. The molecule has 2 heterocycles. The molecule has 0 saturated carbocycles. The van der Waals surface area contributed by atoms with Crippen molar-refractivity contribution in [2.75, 3.05) is 32.5 Å². The number of aromatic nitrogens is 2. The molecular formula is C25H30N4O3S. The van der Waals surface area contributed by atoms with Crippen LogP contribution >= 0.6 is 11.8 Å². The van der Waals surface area contributed by atoms with Gasteiger partial charge >= 0.3 is 0 Å². The van der Waals surface area contributed by atoms with Crippen molar-refractivity contribution in [2.45, 2.75) is 25.1 Å². The lowest BCUT2D eigenvalue weighted by Gasteiger charge is -2.30. The number of amides is 1. The van der Waals surface area contributed by atoms with E-state index in [-0.39, 0.29) is 11.8 Å². The van der Waals surface area contributed by atoms with Crippen LogP contribution in [0.15, 0.2) is 59.1 Å². The van der Waals surface area contributed by atoms with Gasteiger partial charge in [-0.25, -0.2) is 0 Å². The summed E-state index contributed by atoms with van der Waals surface area (Å²) in [5, 5.41) is 7.20. The summed E-state index contributed by atoms with van der Waals surface area (Å²) in [5.74, 6) is 4.12. The number of ether oxygens (including phenoxy) is 1. The van der Waals surface area contributed by atoms with Crippen LogP contribution in [0.2, 0.25) is 0 Å². The molecule has 7 nitrogen and oxygen atoms in total. The van der Waals surface area contributed by atoms with Crippen molar-refractivity contribution in [2.24, 2.45) is 5.92 Å². The van der Waals surface area contributed by atoms with E-state index in [9.17, 15) is 4.79 Å². The van der Waals surface area contributed by atoms with Crippen molar-refractivity contribution in [1.82, 2.24) is 20.4 Å². The molecule has 8 heteroatoms. The summed E-state index contributed by atoms with van der Waals surface area (Å²) in [7, 11) is 1.64. The first kappa shape index (κ1) is 23.3. The van der Waals surface area contributed by atoms with Gasteiger partial charge in [0.2, 0.25) is 17.6 Å². The fourth-order valence-electron chi connectivity index (χ4n) is 3.88. The third kappa shape index (κ3) is 6.82. The molecule has 3 aromatic rings. The zero-order chi connectivity index (χ0) is 22.9. The Hall–Kier alpha value is -2.84. The molecule has 1 N–H and O–H groups in total. The van der Waals surface area contributed by atoms with Gasteiger partial charge in [0, 0.05) is 29.5 Å². The molecule has 174 valence electrons. The first-order valence-electron chi connectivity index (χ1n) is 11.3. The maximum Gasteiger partial charge on any atom is 0.241 e. The van der Waals surface area contributed by atoms with Gasteiger partial charge in [0.05, 0.1) is 13.7 Å². The minimum absolute atomic E-state index is 0.0814. The SMILES string of the molecule is COc1ccc(-c2noc(CN3CCC(C(=O)NCCSCc4ccccc4)CC3)n2)cc1. The van der Waals surface area contributed by atoms with Crippen molar-refractivity contribution in [1.29, 1.82) is 0 Å². The van der Waals surface area contributed by atoms with Crippen LogP contribution in [0.5, 0.6) is 5.75 Å². The smallest absolute Gasteiger partial charge is 0.241 e. The first-order valence-corrected chi connectivity index (χ1v) is 12.5. The van der Waals surface area contributed by atoms with Gasteiger partial charge in [-0.05, 0) is 55.8 Å². The number of carbonyl (C=O) groups excluding carboxylic acids is 1. The number of nitrogens with one attached hydrogen (secondary N) is 1. The summed E-state index contributed by atoms with van der Waals surface area (Å²) >= 11 is 1.85. The number of thioether (sulfide) groups is 1. The van der Waals surface area contributed by atoms with E-state index in [1.165, 1.54) is 5.56 Å². The van der Waals surface area contributed by atoms with Gasteiger partial charge in [0.15, 0.2) is 0 Å². The van der Waals surface area contributed by atoms with E-state index in [0.717, 1.165) is 48.7 Å². The molecule has 0 spiro atoms. The first-order chi connectivity index (χ1) is 16.2. The normalized spacial score (nSPS) is 14.8. The lowest BCUT2D eigenvalue weighted by atomic mass is 9.96. The quantitative estimate of drug-likeness (QED) is 0.452. The summed E-state index contributed by atoms with van der Waals surface area (Å²) in [6.45, 7) is 3.02. The minimum atomic E-state index is 0.0814. The summed E-state index contributed by atoms with van der Waals surface area (Å²) in [6, 6.07) is 18.0. The van der Waals surface area contributed by atoms with E-state index in [2.05, 4.69) is 44.6 Å². The highest BCUT2D eigenvalue weighted by Crippen LogP contribution is 2.22. The zero-order valence-corrected chi connectivity index (χ0v) is 19.7. The average Bonchev–Trinajstić information content (AvgIpc) is 3.33. The summed E-state index contributed by atoms with van der Waals surface area (Å²) in [5.41, 5.74) is 2.21. The average molecular weight is 467 g/mol. The highest BCUT2D eigenvalue weighted by Gasteiger charge is 2.25. The standard InChI is InChI=1S/C25H30N4O3S/c1-31-22-9-7-20(8-10-22)24-27-23(32-28-24)17-29-14-11-21(12-15-29)25(30)26-13-16-33-18-19-5-3-2-4-6-19/h2-10,21H,11-18H2,1H3,(H,26,30). The number of benzene rings is 2. The summed E-state index contributed by atoms with van der Waals surface area (Å²) in [4.78, 5) is 19.3. The Morgan fingerprint density at radius 1 is 1.15 bits per heavy atom. The number of methoxy groups -OCH3 is 1. The Labute approximate surface area is 198 Å². The van der Waals surface area contributed by atoms with Crippen LogP contribution in [0.3, 0.4) is 0 Å². The molecule has 1 aromatic heterocycles. The van der Waals surface area contributed by atoms with Crippen LogP contribution < -0.4 is 10.1 Å². The number of carbonyl (C=O) groups is 1. The summed E-state index contributed by atoms with van der Waals surface area (Å²) in [6.07, 6.45) is 1.70. The van der Waals surface area contributed by atoms with Gasteiger partial charge in [-0.1, -0.05) is 35.5 Å². The maximum atomic E-state index is 12.5. The van der Waals surface area contributed by atoms with Crippen LogP contribution in [0.1, 0.15) is 24.3 Å². The van der Waals surface area contributed by atoms with Crippen LogP contribution in [0, 0.1) is 5.92 Å². The van der Waals surface area contributed by atoms with Gasteiger partial charge in [0.25, 0.3) is 0 Å². The van der Waals surface area contributed by atoms with Crippen LogP contribution in [0.4, 0.5) is 0 Å². The molecule has 1 amide bonds. The van der Waals surface area contributed by atoms with Crippen molar-refractivity contribution in [3.63, 3.8) is 0 Å². The molecule has 33 heavy (non-hydrogen) atoms. The monoisotopic (exact) mass is 466 g/mol. The number of likely N-dealkylation sites (tertiary alicyclic amines) is 1. The number of nitrogens with zero attached hydrogens (tertiary/aromatic N) is 3. The lowest BCUT2D eigenvalue weighted by molar-refractivity contribution is -0.126. The Balaban J connectivity index is 1.14. The van der Waals surface area contributed by atoms with E-state index in [4.69, 9.17) is 9.26 Å². The van der Waals surface area contributed by atoms with Crippen LogP contribution in [-0.2, 0) is 17.1 Å². The molecule has 0 aliphatic carbocycles. The molecule has 0 radical (unpaired) electrons. The fourth-order valence-corrected chi connectivity index (χ4v) is 4.69. The molecule has 2 aromatic carbocycles. The van der Waals surface area contributed by atoms with Crippen molar-refractivity contribution in [3.8, 4) is 17.1 Å². The third-order valence-electron chi connectivity index (χ3n) is 5.79. The number of rotatable bonds is 10. The molecule has 1 aliphatic rings. The van der Waals surface area contributed by atoms with Gasteiger partial charge in [-0.15, -0.1) is 0 Å². The Bertz CT molecular complexity index is 1000. The van der Waals surface area contributed by atoms with Crippen molar-refractivity contribution >= 4 is 17.7 Å². The second-order valence-electron chi connectivity index (χ2n) is 8.12. The number of piperidine rings is 1. The van der Waals surface area contributed by atoms with Crippen LogP contribution in [0.25, 0.3) is 11.4 Å². The predicted octanol–water partition coefficient (Wildman–Crippen LogP) is 4.01. The molecule has 0 unspecified atom stereocenters.